The van der Waals surface area contributed by atoms with E-state index < -0.39 is 0 Å². The maximum Gasteiger partial charge on any atom is 0.222 e. The third kappa shape index (κ3) is 4.45. The van der Waals surface area contributed by atoms with Crippen molar-refractivity contribution in [1.29, 1.82) is 0 Å². The predicted molar refractivity (Wildman–Crippen MR) is 98.2 cm³/mol. The highest BCUT2D eigenvalue weighted by atomic mass is 16.3. The molecule has 5 nitrogen and oxygen atoms in total. The number of aliphatic hydroxyl groups excluding tert-OH is 1. The molecule has 5 heteroatoms. The van der Waals surface area contributed by atoms with Gasteiger partial charge in [-0.05, 0) is 30.5 Å². The number of hydrogen-bond donors (Lipinski definition) is 2. The lowest BCUT2D eigenvalue weighted by atomic mass is 10.1. The molecule has 0 aliphatic rings. The molecule has 1 atom stereocenters. The molecule has 0 aliphatic carbocycles. The second-order valence-corrected chi connectivity index (χ2v) is 6.32. The molecule has 0 saturated heterocycles. The number of hydrogen-bond acceptors (Lipinski definition) is 3. The third-order valence-corrected chi connectivity index (χ3v) is 4.26. The molecule has 0 fully saturated rings. The molecule has 3 aromatic rings. The van der Waals surface area contributed by atoms with Gasteiger partial charge in [-0.25, -0.2) is 0 Å². The largest absolute Gasteiger partial charge is 0.394 e. The Morgan fingerprint density at radius 2 is 2.04 bits per heavy atom. The Bertz CT molecular complexity index is 843. The summed E-state index contributed by atoms with van der Waals surface area (Å²) in [6.07, 6.45) is 2.77. The Balaban J connectivity index is 1.57. The first-order chi connectivity index (χ1) is 12.2. The number of aromatic nitrogens is 2. The van der Waals surface area contributed by atoms with Gasteiger partial charge in [0.1, 0.15) is 0 Å². The van der Waals surface area contributed by atoms with Gasteiger partial charge in [0, 0.05) is 11.8 Å². The molecule has 0 bridgehead atoms. The second-order valence-electron chi connectivity index (χ2n) is 6.32. The van der Waals surface area contributed by atoms with Gasteiger partial charge in [0.25, 0.3) is 0 Å². The molecule has 0 aliphatic heterocycles. The minimum atomic E-state index is -0.272. The summed E-state index contributed by atoms with van der Waals surface area (Å²) in [5.74, 6) is -0.0775. The minimum absolute atomic E-state index is 0.0775. The van der Waals surface area contributed by atoms with E-state index in [2.05, 4.69) is 22.5 Å². The summed E-state index contributed by atoms with van der Waals surface area (Å²) >= 11 is 0. The van der Waals surface area contributed by atoms with Gasteiger partial charge in [-0.3, -0.25) is 9.48 Å². The molecule has 1 aromatic heterocycles. The van der Waals surface area contributed by atoms with Crippen LogP contribution in [-0.4, -0.2) is 33.4 Å². The maximum absolute atomic E-state index is 12.2. The molecule has 0 spiro atoms. The summed E-state index contributed by atoms with van der Waals surface area (Å²) in [5, 5.41) is 17.9. The van der Waals surface area contributed by atoms with E-state index in [4.69, 9.17) is 0 Å². The van der Waals surface area contributed by atoms with Gasteiger partial charge in [0.05, 0.1) is 30.9 Å². The fourth-order valence-electron chi connectivity index (χ4n) is 2.93. The van der Waals surface area contributed by atoms with Crippen LogP contribution in [0.3, 0.4) is 0 Å². The number of carbonyl (C=O) groups is 1. The number of nitrogens with one attached hydrogen (secondary N) is 1. The van der Waals surface area contributed by atoms with Gasteiger partial charge in [-0.1, -0.05) is 42.5 Å². The fourth-order valence-corrected chi connectivity index (χ4v) is 2.93. The molecule has 1 amide bonds. The molecule has 1 heterocycles. The van der Waals surface area contributed by atoms with Crippen molar-refractivity contribution in [3.05, 3.63) is 65.9 Å². The monoisotopic (exact) mass is 337 g/mol. The van der Waals surface area contributed by atoms with Crippen LogP contribution in [0.5, 0.6) is 0 Å². The molecular formula is C20H23N3O2. The summed E-state index contributed by atoms with van der Waals surface area (Å²) in [4.78, 5) is 12.2. The van der Waals surface area contributed by atoms with Gasteiger partial charge in [-0.2, -0.15) is 5.10 Å². The van der Waals surface area contributed by atoms with Crippen LogP contribution in [0.15, 0.2) is 54.7 Å². The second kappa shape index (κ2) is 7.94. The number of rotatable bonds is 7. The molecule has 2 aromatic carbocycles. The topological polar surface area (TPSA) is 67.2 Å². The van der Waals surface area contributed by atoms with Crippen molar-refractivity contribution in [2.75, 3.05) is 6.61 Å². The minimum Gasteiger partial charge on any atom is -0.394 e. The summed E-state index contributed by atoms with van der Waals surface area (Å²) in [6, 6.07) is 15.7. The van der Waals surface area contributed by atoms with E-state index in [1.807, 2.05) is 54.2 Å². The molecule has 0 radical (unpaired) electrons. The number of aryl methyl sites for hydroxylation is 2. The average Bonchev–Trinajstić information content (AvgIpc) is 3.02. The van der Waals surface area contributed by atoms with Crippen molar-refractivity contribution in [2.45, 2.75) is 32.4 Å². The standard InChI is InChI=1S/C20H23N3O2/c1-15-7-8-17-13-21-23(19(17)11-15)10-9-20(25)22-18(14-24)12-16-5-3-2-4-6-16/h2-8,11,13,18,24H,9-10,12,14H2,1H3,(H,22,25)/t18-/m1/s1. The van der Waals surface area contributed by atoms with Crippen LogP contribution in [0.1, 0.15) is 17.5 Å². The lowest BCUT2D eigenvalue weighted by Crippen LogP contribution is -2.39. The quantitative estimate of drug-likeness (QED) is 0.696. The zero-order chi connectivity index (χ0) is 17.6. The molecule has 3 rings (SSSR count). The van der Waals surface area contributed by atoms with Crippen LogP contribution in [-0.2, 0) is 17.8 Å². The van der Waals surface area contributed by atoms with Crippen molar-refractivity contribution in [3.8, 4) is 0 Å². The first kappa shape index (κ1) is 17.2. The van der Waals surface area contributed by atoms with E-state index in [-0.39, 0.29) is 18.6 Å². The van der Waals surface area contributed by atoms with Gasteiger partial charge in [0.15, 0.2) is 0 Å². The normalized spacial score (nSPS) is 12.2. The van der Waals surface area contributed by atoms with Crippen LogP contribution >= 0.6 is 0 Å². The zero-order valence-electron chi connectivity index (χ0n) is 14.4. The summed E-state index contributed by atoms with van der Waals surface area (Å²) in [5.41, 5.74) is 3.30. The maximum atomic E-state index is 12.2. The Labute approximate surface area is 147 Å². The summed E-state index contributed by atoms with van der Waals surface area (Å²) in [7, 11) is 0. The van der Waals surface area contributed by atoms with Crippen molar-refractivity contribution in [2.24, 2.45) is 0 Å². The Morgan fingerprint density at radius 1 is 1.24 bits per heavy atom. The molecule has 2 N–H and O–H groups in total. The van der Waals surface area contributed by atoms with Gasteiger partial charge < -0.3 is 10.4 Å². The van der Waals surface area contributed by atoms with Crippen molar-refractivity contribution >= 4 is 16.8 Å². The van der Waals surface area contributed by atoms with Crippen LogP contribution in [0.4, 0.5) is 0 Å². The highest BCUT2D eigenvalue weighted by molar-refractivity contribution is 5.80. The highest BCUT2D eigenvalue weighted by Crippen LogP contribution is 2.15. The molecule has 0 unspecified atom stereocenters. The number of aliphatic hydroxyl groups is 1. The lowest BCUT2D eigenvalue weighted by molar-refractivity contribution is -0.122. The molecule has 0 saturated carbocycles. The third-order valence-electron chi connectivity index (χ3n) is 4.26. The van der Waals surface area contributed by atoms with Crippen LogP contribution in [0, 0.1) is 6.92 Å². The first-order valence-electron chi connectivity index (χ1n) is 8.52. The van der Waals surface area contributed by atoms with Crippen molar-refractivity contribution in [1.82, 2.24) is 15.1 Å². The SMILES string of the molecule is Cc1ccc2cnn(CCC(=O)N[C@@H](CO)Cc3ccccc3)c2c1. The average molecular weight is 337 g/mol. The van der Waals surface area contributed by atoms with Crippen LogP contribution in [0.25, 0.3) is 10.9 Å². The lowest BCUT2D eigenvalue weighted by Gasteiger charge is -2.16. The number of amides is 1. The number of fused-ring (bicyclic) bond motifs is 1. The smallest absolute Gasteiger partial charge is 0.222 e. The fraction of sp³-hybridized carbons (Fsp3) is 0.300. The van der Waals surface area contributed by atoms with E-state index in [1.54, 1.807) is 0 Å². The van der Waals surface area contributed by atoms with Crippen LogP contribution in [0.2, 0.25) is 0 Å². The molecule has 130 valence electrons. The summed E-state index contributed by atoms with van der Waals surface area (Å²) in [6.45, 7) is 2.48. The van der Waals surface area contributed by atoms with E-state index in [0.717, 1.165) is 16.5 Å². The van der Waals surface area contributed by atoms with E-state index in [1.165, 1.54) is 5.56 Å². The number of carbonyl (C=O) groups excluding carboxylic acids is 1. The van der Waals surface area contributed by atoms with E-state index >= 15 is 0 Å². The predicted octanol–water partition coefficient (Wildman–Crippen LogP) is 2.45. The first-order valence-corrected chi connectivity index (χ1v) is 8.52. The van der Waals surface area contributed by atoms with Crippen LogP contribution < -0.4 is 5.32 Å². The summed E-state index contributed by atoms with van der Waals surface area (Å²) < 4.78 is 1.85. The molecule has 25 heavy (non-hydrogen) atoms. The van der Waals surface area contributed by atoms with Gasteiger partial charge in [0.2, 0.25) is 5.91 Å². The molecular weight excluding hydrogens is 314 g/mol. The Hall–Kier alpha value is -2.66. The van der Waals surface area contributed by atoms with Crippen molar-refractivity contribution in [3.63, 3.8) is 0 Å². The number of nitrogens with zero attached hydrogens (tertiary/aromatic N) is 2. The van der Waals surface area contributed by atoms with E-state index in [9.17, 15) is 9.90 Å². The van der Waals surface area contributed by atoms with E-state index in [0.29, 0.717) is 19.4 Å². The van der Waals surface area contributed by atoms with Gasteiger partial charge in [-0.15, -0.1) is 0 Å². The highest BCUT2D eigenvalue weighted by Gasteiger charge is 2.13. The Kier molecular flexibility index (Phi) is 5.46. The Morgan fingerprint density at radius 3 is 2.80 bits per heavy atom. The van der Waals surface area contributed by atoms with Gasteiger partial charge >= 0.3 is 0 Å². The van der Waals surface area contributed by atoms with Crippen molar-refractivity contribution < 1.29 is 9.90 Å². The number of benzene rings is 2. The zero-order valence-corrected chi connectivity index (χ0v) is 14.4.